The molecule has 0 bridgehead atoms. The van der Waals surface area contributed by atoms with Crippen LogP contribution >= 0.6 is 22.6 Å². The highest BCUT2D eigenvalue weighted by Crippen LogP contribution is 2.30. The van der Waals surface area contributed by atoms with E-state index in [1.807, 2.05) is 29.2 Å². The number of hydrogen-bond donors (Lipinski definition) is 0. The third-order valence-corrected chi connectivity index (χ3v) is 4.55. The third kappa shape index (κ3) is 2.28. The number of morpholine rings is 1. The average Bonchev–Trinajstić information content (AvgIpc) is 2.87. The molecule has 0 N–H and O–H groups in total. The number of halogens is 1. The van der Waals surface area contributed by atoms with Crippen LogP contribution in [0, 0.1) is 3.57 Å². The van der Waals surface area contributed by atoms with Gasteiger partial charge >= 0.3 is 0 Å². The molecule has 2 fully saturated rings. The summed E-state index contributed by atoms with van der Waals surface area (Å²) in [5.41, 5.74) is 0.794. The number of ether oxygens (including phenoxy) is 1. The van der Waals surface area contributed by atoms with E-state index in [0.29, 0.717) is 12.6 Å². The van der Waals surface area contributed by atoms with Crippen LogP contribution < -0.4 is 0 Å². The maximum absolute atomic E-state index is 12.5. The summed E-state index contributed by atoms with van der Waals surface area (Å²) in [7, 11) is 0. The van der Waals surface area contributed by atoms with Gasteiger partial charge in [0, 0.05) is 15.7 Å². The minimum Gasteiger partial charge on any atom is -0.374 e. The SMILES string of the molecule is O=C(c1ccc(I)cc1)N1CCOC2CCCC21. The van der Waals surface area contributed by atoms with Crippen molar-refractivity contribution in [3.8, 4) is 0 Å². The molecule has 0 aromatic heterocycles. The van der Waals surface area contributed by atoms with Gasteiger partial charge in [-0.2, -0.15) is 0 Å². The number of rotatable bonds is 1. The van der Waals surface area contributed by atoms with E-state index >= 15 is 0 Å². The first-order valence-corrected chi connectivity index (χ1v) is 7.52. The lowest BCUT2D eigenvalue weighted by Crippen LogP contribution is -2.51. The summed E-state index contributed by atoms with van der Waals surface area (Å²) in [5, 5.41) is 0. The Kier molecular flexibility index (Phi) is 3.56. The molecule has 2 unspecified atom stereocenters. The smallest absolute Gasteiger partial charge is 0.254 e. The van der Waals surface area contributed by atoms with E-state index in [1.54, 1.807) is 0 Å². The Labute approximate surface area is 121 Å². The molecule has 4 heteroatoms. The molecule has 3 nitrogen and oxygen atoms in total. The van der Waals surface area contributed by atoms with Crippen LogP contribution in [-0.2, 0) is 4.74 Å². The second-order valence-electron chi connectivity index (χ2n) is 4.91. The number of benzene rings is 1. The fourth-order valence-electron chi connectivity index (χ4n) is 2.94. The number of hydrogen-bond acceptors (Lipinski definition) is 2. The van der Waals surface area contributed by atoms with Gasteiger partial charge in [-0.25, -0.2) is 0 Å². The maximum atomic E-state index is 12.5. The molecule has 18 heavy (non-hydrogen) atoms. The minimum absolute atomic E-state index is 0.159. The predicted molar refractivity (Wildman–Crippen MR) is 77.6 cm³/mol. The maximum Gasteiger partial charge on any atom is 0.254 e. The van der Waals surface area contributed by atoms with Crippen LogP contribution in [0.25, 0.3) is 0 Å². The number of amides is 1. The molecule has 1 aliphatic heterocycles. The normalized spacial score (nSPS) is 27.1. The van der Waals surface area contributed by atoms with Gasteiger partial charge in [0.1, 0.15) is 0 Å². The van der Waals surface area contributed by atoms with E-state index in [-0.39, 0.29) is 12.0 Å². The predicted octanol–water partition coefficient (Wildman–Crippen LogP) is 2.68. The molecule has 1 saturated carbocycles. The quantitative estimate of drug-likeness (QED) is 0.724. The summed E-state index contributed by atoms with van der Waals surface area (Å²) in [6.07, 6.45) is 3.62. The lowest BCUT2D eigenvalue weighted by atomic mass is 10.1. The Morgan fingerprint density at radius 1 is 1.28 bits per heavy atom. The summed E-state index contributed by atoms with van der Waals surface area (Å²) in [5.74, 6) is 0.159. The fraction of sp³-hybridized carbons (Fsp3) is 0.500. The van der Waals surface area contributed by atoms with Crippen molar-refractivity contribution in [3.05, 3.63) is 33.4 Å². The molecule has 0 spiro atoms. The monoisotopic (exact) mass is 357 g/mol. The Balaban J connectivity index is 1.81. The summed E-state index contributed by atoms with van der Waals surface area (Å²) < 4.78 is 6.90. The van der Waals surface area contributed by atoms with Crippen LogP contribution in [0.15, 0.2) is 24.3 Å². The first kappa shape index (κ1) is 12.4. The summed E-state index contributed by atoms with van der Waals surface area (Å²) in [6, 6.07) is 8.11. The van der Waals surface area contributed by atoms with Crippen molar-refractivity contribution in [2.24, 2.45) is 0 Å². The molecular weight excluding hydrogens is 341 g/mol. The van der Waals surface area contributed by atoms with Crippen LogP contribution in [0.4, 0.5) is 0 Å². The molecule has 1 aromatic carbocycles. The lowest BCUT2D eigenvalue weighted by Gasteiger charge is -2.37. The molecule has 2 aliphatic rings. The molecule has 1 aromatic rings. The van der Waals surface area contributed by atoms with Crippen molar-refractivity contribution in [2.75, 3.05) is 13.2 Å². The average molecular weight is 357 g/mol. The van der Waals surface area contributed by atoms with Crippen molar-refractivity contribution < 1.29 is 9.53 Å². The van der Waals surface area contributed by atoms with E-state index in [2.05, 4.69) is 22.6 Å². The fourth-order valence-corrected chi connectivity index (χ4v) is 3.30. The number of fused-ring (bicyclic) bond motifs is 1. The largest absolute Gasteiger partial charge is 0.374 e. The van der Waals surface area contributed by atoms with Crippen LogP contribution in [0.1, 0.15) is 29.6 Å². The summed E-state index contributed by atoms with van der Waals surface area (Å²) >= 11 is 2.25. The molecule has 0 radical (unpaired) electrons. The summed E-state index contributed by atoms with van der Waals surface area (Å²) in [6.45, 7) is 1.41. The van der Waals surface area contributed by atoms with Crippen molar-refractivity contribution in [1.82, 2.24) is 4.90 Å². The van der Waals surface area contributed by atoms with Gasteiger partial charge < -0.3 is 9.64 Å². The van der Waals surface area contributed by atoms with Gasteiger partial charge in [-0.15, -0.1) is 0 Å². The Bertz CT molecular complexity index is 446. The van der Waals surface area contributed by atoms with E-state index in [0.717, 1.165) is 28.5 Å². The second kappa shape index (κ2) is 5.17. The van der Waals surface area contributed by atoms with Gasteiger partial charge in [0.25, 0.3) is 5.91 Å². The Hall–Kier alpha value is -0.620. The number of carbonyl (C=O) groups is 1. The second-order valence-corrected chi connectivity index (χ2v) is 6.16. The highest BCUT2D eigenvalue weighted by Gasteiger charge is 2.38. The van der Waals surface area contributed by atoms with E-state index in [1.165, 1.54) is 6.42 Å². The molecule has 1 saturated heterocycles. The number of carbonyl (C=O) groups excluding carboxylic acids is 1. The first-order valence-electron chi connectivity index (χ1n) is 6.44. The molecule has 1 heterocycles. The zero-order chi connectivity index (χ0) is 12.5. The highest BCUT2D eigenvalue weighted by atomic mass is 127. The van der Waals surface area contributed by atoms with Gasteiger partial charge in [-0.3, -0.25) is 4.79 Å². The first-order chi connectivity index (χ1) is 8.75. The number of nitrogens with zero attached hydrogens (tertiary/aromatic N) is 1. The molecule has 96 valence electrons. The summed E-state index contributed by atoms with van der Waals surface area (Å²) in [4.78, 5) is 14.5. The van der Waals surface area contributed by atoms with Crippen molar-refractivity contribution >= 4 is 28.5 Å². The zero-order valence-electron chi connectivity index (χ0n) is 10.1. The van der Waals surface area contributed by atoms with Crippen molar-refractivity contribution in [3.63, 3.8) is 0 Å². The van der Waals surface area contributed by atoms with Gasteiger partial charge in [0.2, 0.25) is 0 Å². The molecule has 1 amide bonds. The van der Waals surface area contributed by atoms with Gasteiger partial charge in [-0.1, -0.05) is 0 Å². The van der Waals surface area contributed by atoms with E-state index in [4.69, 9.17) is 4.74 Å². The molecule has 1 aliphatic carbocycles. The van der Waals surface area contributed by atoms with Crippen molar-refractivity contribution in [1.29, 1.82) is 0 Å². The zero-order valence-corrected chi connectivity index (χ0v) is 12.3. The molecule has 3 rings (SSSR count). The third-order valence-electron chi connectivity index (χ3n) is 3.83. The Morgan fingerprint density at radius 2 is 2.06 bits per heavy atom. The topological polar surface area (TPSA) is 29.5 Å². The molecule has 2 atom stereocenters. The van der Waals surface area contributed by atoms with Crippen LogP contribution in [-0.4, -0.2) is 36.1 Å². The lowest BCUT2D eigenvalue weighted by molar-refractivity contribution is -0.0445. The highest BCUT2D eigenvalue weighted by molar-refractivity contribution is 14.1. The van der Waals surface area contributed by atoms with E-state index in [9.17, 15) is 4.79 Å². The minimum atomic E-state index is 0.159. The van der Waals surface area contributed by atoms with Crippen LogP contribution in [0.3, 0.4) is 0 Å². The van der Waals surface area contributed by atoms with Crippen LogP contribution in [0.5, 0.6) is 0 Å². The van der Waals surface area contributed by atoms with Gasteiger partial charge in [-0.05, 0) is 66.1 Å². The van der Waals surface area contributed by atoms with Gasteiger partial charge in [0.05, 0.1) is 18.8 Å². The standard InChI is InChI=1S/C14H16INO2/c15-11-6-4-10(5-7-11)14(17)16-8-9-18-13-3-1-2-12(13)16/h4-7,12-13H,1-3,8-9H2. The Morgan fingerprint density at radius 3 is 2.83 bits per heavy atom. The van der Waals surface area contributed by atoms with Gasteiger partial charge in [0.15, 0.2) is 0 Å². The molecular formula is C14H16INO2. The van der Waals surface area contributed by atoms with Crippen LogP contribution in [0.2, 0.25) is 0 Å². The van der Waals surface area contributed by atoms with E-state index < -0.39 is 0 Å². The van der Waals surface area contributed by atoms with Crippen molar-refractivity contribution in [2.45, 2.75) is 31.4 Å².